The zero-order valence-electron chi connectivity index (χ0n) is 16.2. The fourth-order valence-corrected chi connectivity index (χ4v) is 6.61. The Morgan fingerprint density at radius 2 is 1.33 bits per heavy atom. The normalized spacial score (nSPS) is 13.4. The third-order valence-corrected chi connectivity index (χ3v) is 8.00. The zero-order valence-corrected chi connectivity index (χ0v) is 17.9. The number of H-pyrrole nitrogens is 1. The van der Waals surface area contributed by atoms with E-state index in [2.05, 4.69) is 42.0 Å². The lowest BCUT2D eigenvalue weighted by Gasteiger charge is -1.99. The number of hydrogen-bond acceptors (Lipinski definition) is 4. The van der Waals surface area contributed by atoms with Gasteiger partial charge in [0, 0.05) is 20.5 Å². The molecule has 146 valence electrons. The summed E-state index contributed by atoms with van der Waals surface area (Å²) in [5, 5.41) is 15.3. The number of aromatic nitrogens is 1. The van der Waals surface area contributed by atoms with Crippen LogP contribution in [0, 0.1) is 13.8 Å². The number of aromatic hydroxyl groups is 1. The topological polar surface area (TPSA) is 65.5 Å². The second kappa shape index (κ2) is 6.14. The van der Waals surface area contributed by atoms with E-state index in [9.17, 15) is 9.90 Å². The molecule has 0 spiro atoms. The van der Waals surface area contributed by atoms with E-state index < -0.39 is 0 Å². The van der Waals surface area contributed by atoms with Gasteiger partial charge in [-0.3, -0.25) is 4.79 Å². The van der Waals surface area contributed by atoms with Crippen molar-refractivity contribution in [1.29, 1.82) is 0 Å². The molecule has 2 aromatic carbocycles. The van der Waals surface area contributed by atoms with Crippen LogP contribution in [0.1, 0.15) is 30.6 Å². The number of aromatic amines is 1. The second-order valence-corrected chi connectivity index (χ2v) is 9.88. The monoisotopic (exact) mass is 428 g/mol. The van der Waals surface area contributed by atoms with Crippen molar-refractivity contribution >= 4 is 55.8 Å². The number of carbonyl (C=O) groups is 1. The molecule has 5 aromatic rings. The Bertz CT molecular complexity index is 1550. The van der Waals surface area contributed by atoms with Crippen molar-refractivity contribution in [3.8, 4) is 16.5 Å². The van der Waals surface area contributed by atoms with Gasteiger partial charge in [-0.2, -0.15) is 0 Å². The van der Waals surface area contributed by atoms with Gasteiger partial charge < -0.3 is 10.1 Å². The summed E-state index contributed by atoms with van der Waals surface area (Å²) in [5.74, 6) is -0.313. The molecule has 0 radical (unpaired) electrons. The average Bonchev–Trinajstić information content (AvgIpc) is 3.46. The molecule has 1 amide bonds. The molecule has 0 atom stereocenters. The molecule has 6 heteroatoms. The molecule has 0 saturated carbocycles. The summed E-state index contributed by atoms with van der Waals surface area (Å²) in [4.78, 5) is 24.7. The highest BCUT2D eigenvalue weighted by atomic mass is 32.1. The van der Waals surface area contributed by atoms with E-state index in [1.54, 1.807) is 22.7 Å². The molecule has 3 aromatic heterocycles. The number of amides is 1. The summed E-state index contributed by atoms with van der Waals surface area (Å²) in [6, 6.07) is 16.2. The molecule has 4 heterocycles. The van der Waals surface area contributed by atoms with Gasteiger partial charge in [0.2, 0.25) is 0 Å². The predicted octanol–water partition coefficient (Wildman–Crippen LogP) is 6.42. The number of nitrogens with one attached hydrogen (secondary N) is 1. The number of fused-ring (bicyclic) bond motifs is 3. The van der Waals surface area contributed by atoms with E-state index in [4.69, 9.17) is 0 Å². The minimum absolute atomic E-state index is 0.00475. The highest BCUT2D eigenvalue weighted by Crippen LogP contribution is 2.45. The standard InChI is InChI=1S/C24H16N2O2S2/c1-11-13-7-3-5-9-15(13)21(29-11)19-17-18(24(28)25-19)20(26-23(17)27)22-16-10-6-4-8-14(16)12(2)30-22/h3-10,25,28H,1-2H3. The van der Waals surface area contributed by atoms with Crippen LogP contribution in [0.2, 0.25) is 0 Å². The van der Waals surface area contributed by atoms with Crippen molar-refractivity contribution < 1.29 is 9.90 Å². The Hall–Kier alpha value is -3.22. The molecule has 1 aliphatic heterocycles. The lowest BCUT2D eigenvalue weighted by atomic mass is 10.0. The van der Waals surface area contributed by atoms with Gasteiger partial charge in [-0.1, -0.05) is 48.5 Å². The predicted molar refractivity (Wildman–Crippen MR) is 125 cm³/mol. The number of aryl methyl sites for hydroxylation is 2. The van der Waals surface area contributed by atoms with Gasteiger partial charge in [0.25, 0.3) is 5.91 Å². The Morgan fingerprint density at radius 3 is 1.97 bits per heavy atom. The lowest BCUT2D eigenvalue weighted by molar-refractivity contribution is 0.101. The molecular formula is C24H16N2O2S2. The third-order valence-electron chi connectivity index (χ3n) is 5.70. The number of hydrogen-bond donors (Lipinski definition) is 2. The van der Waals surface area contributed by atoms with Crippen molar-refractivity contribution in [3.05, 3.63) is 74.3 Å². The van der Waals surface area contributed by atoms with Crippen LogP contribution in [0.4, 0.5) is 0 Å². The van der Waals surface area contributed by atoms with Crippen molar-refractivity contribution in [2.24, 2.45) is 4.99 Å². The van der Waals surface area contributed by atoms with E-state index in [1.165, 1.54) is 9.75 Å². The molecule has 6 rings (SSSR count). The largest absolute Gasteiger partial charge is 0.494 e. The molecule has 0 fully saturated rings. The summed E-state index contributed by atoms with van der Waals surface area (Å²) in [6.45, 7) is 4.14. The van der Waals surface area contributed by atoms with Crippen LogP contribution in [0.5, 0.6) is 5.88 Å². The fraction of sp³-hybridized carbons (Fsp3) is 0.0833. The first kappa shape index (κ1) is 17.6. The first-order chi connectivity index (χ1) is 14.5. The first-order valence-electron chi connectivity index (χ1n) is 9.60. The number of carbonyl (C=O) groups excluding carboxylic acids is 1. The van der Waals surface area contributed by atoms with Crippen LogP contribution >= 0.6 is 22.7 Å². The van der Waals surface area contributed by atoms with Gasteiger partial charge in [0.15, 0.2) is 5.88 Å². The summed E-state index contributed by atoms with van der Waals surface area (Å²) >= 11 is 3.23. The SMILES string of the molecule is Cc1sc(C2=NC(=O)c3c(-c4sc(C)c5ccccc45)[nH]c(O)c32)c2ccccc12. The van der Waals surface area contributed by atoms with Gasteiger partial charge in [-0.15, -0.1) is 22.7 Å². The Balaban J connectivity index is 1.61. The molecule has 1 aliphatic rings. The molecular weight excluding hydrogens is 412 g/mol. The van der Waals surface area contributed by atoms with Crippen molar-refractivity contribution in [2.45, 2.75) is 13.8 Å². The molecule has 30 heavy (non-hydrogen) atoms. The van der Waals surface area contributed by atoms with Gasteiger partial charge in [-0.25, -0.2) is 4.99 Å². The van der Waals surface area contributed by atoms with Crippen LogP contribution < -0.4 is 0 Å². The van der Waals surface area contributed by atoms with Gasteiger partial charge >= 0.3 is 0 Å². The van der Waals surface area contributed by atoms with E-state index in [0.29, 0.717) is 22.5 Å². The maximum Gasteiger partial charge on any atom is 0.280 e. The van der Waals surface area contributed by atoms with E-state index in [1.807, 2.05) is 30.3 Å². The lowest BCUT2D eigenvalue weighted by Crippen LogP contribution is -1.97. The Morgan fingerprint density at radius 1 is 0.800 bits per heavy atom. The van der Waals surface area contributed by atoms with Crippen LogP contribution in [0.15, 0.2) is 53.5 Å². The van der Waals surface area contributed by atoms with Gasteiger partial charge in [-0.05, 0) is 24.6 Å². The molecule has 0 saturated heterocycles. The number of aliphatic imine (C=N–C) groups is 1. The van der Waals surface area contributed by atoms with E-state index in [0.717, 1.165) is 31.3 Å². The molecule has 2 N–H and O–H groups in total. The summed E-state index contributed by atoms with van der Waals surface area (Å²) in [6.07, 6.45) is 0. The molecule has 0 aliphatic carbocycles. The summed E-state index contributed by atoms with van der Waals surface area (Å²) in [5.41, 5.74) is 2.18. The maximum absolute atomic E-state index is 13.0. The highest BCUT2D eigenvalue weighted by Gasteiger charge is 2.35. The smallest absolute Gasteiger partial charge is 0.280 e. The van der Waals surface area contributed by atoms with Crippen molar-refractivity contribution in [2.75, 3.05) is 0 Å². The molecule has 4 nitrogen and oxygen atoms in total. The van der Waals surface area contributed by atoms with Crippen LogP contribution in [0.25, 0.3) is 32.1 Å². The number of benzene rings is 2. The van der Waals surface area contributed by atoms with Gasteiger partial charge in [0.1, 0.15) is 0 Å². The third kappa shape index (κ3) is 2.26. The van der Waals surface area contributed by atoms with Crippen LogP contribution in [0.3, 0.4) is 0 Å². The van der Waals surface area contributed by atoms with Crippen molar-refractivity contribution in [3.63, 3.8) is 0 Å². The highest BCUT2D eigenvalue weighted by molar-refractivity contribution is 7.17. The Labute approximate surface area is 180 Å². The molecule has 0 bridgehead atoms. The molecule has 0 unspecified atom stereocenters. The zero-order chi connectivity index (χ0) is 20.6. The van der Waals surface area contributed by atoms with Crippen LogP contribution in [-0.4, -0.2) is 21.7 Å². The van der Waals surface area contributed by atoms with Crippen molar-refractivity contribution in [1.82, 2.24) is 4.98 Å². The quantitative estimate of drug-likeness (QED) is 0.340. The Kier molecular flexibility index (Phi) is 3.61. The summed E-state index contributed by atoms with van der Waals surface area (Å²) < 4.78 is 0. The average molecular weight is 429 g/mol. The minimum Gasteiger partial charge on any atom is -0.494 e. The minimum atomic E-state index is -0.309. The van der Waals surface area contributed by atoms with E-state index in [-0.39, 0.29) is 11.8 Å². The van der Waals surface area contributed by atoms with Crippen LogP contribution in [-0.2, 0) is 0 Å². The number of rotatable bonds is 2. The second-order valence-electron chi connectivity index (χ2n) is 7.43. The fourth-order valence-electron chi connectivity index (χ4n) is 4.34. The number of nitrogens with zero attached hydrogens (tertiary/aromatic N) is 1. The summed E-state index contributed by atoms with van der Waals surface area (Å²) in [7, 11) is 0. The first-order valence-corrected chi connectivity index (χ1v) is 11.2. The van der Waals surface area contributed by atoms with Gasteiger partial charge in [0.05, 0.1) is 32.3 Å². The maximum atomic E-state index is 13.0. The van der Waals surface area contributed by atoms with E-state index >= 15 is 0 Å². The number of thiophene rings is 2.